The number of hydrogen-bond donors (Lipinski definition) is 1. The molecule has 0 unspecified atom stereocenters. The molecule has 3 rings (SSSR count). The minimum atomic E-state index is 0.288. The van der Waals surface area contributed by atoms with E-state index >= 15 is 0 Å². The molecular weight excluding hydrogens is 301 g/mol. The molecule has 94 valence electrons. The van der Waals surface area contributed by atoms with E-state index in [9.17, 15) is 0 Å². The van der Waals surface area contributed by atoms with Crippen LogP contribution in [0.1, 0.15) is 5.56 Å². The van der Waals surface area contributed by atoms with Gasteiger partial charge in [-0.2, -0.15) is 0 Å². The van der Waals surface area contributed by atoms with Crippen molar-refractivity contribution in [3.63, 3.8) is 0 Å². The third-order valence-corrected chi connectivity index (χ3v) is 5.10. The first-order valence-electron chi connectivity index (χ1n) is 6.00. The molecule has 19 heavy (non-hydrogen) atoms. The van der Waals surface area contributed by atoms with Crippen molar-refractivity contribution >= 4 is 36.1 Å². The van der Waals surface area contributed by atoms with Crippen LogP contribution >= 0.6 is 0 Å². The third kappa shape index (κ3) is 2.75. The van der Waals surface area contributed by atoms with Crippen LogP contribution in [0.3, 0.4) is 0 Å². The number of benzene rings is 2. The predicted molar refractivity (Wildman–Crippen MR) is 79.5 cm³/mol. The number of nitrogens with two attached hydrogens (primary N) is 1. The molecule has 0 atom stereocenters. The molecular formula is C15H13N3Se. The molecule has 0 bridgehead atoms. The fraction of sp³-hybridized carbons (Fsp3) is 0.0667. The molecule has 2 N–H and O–H groups in total. The van der Waals surface area contributed by atoms with Crippen molar-refractivity contribution in [1.29, 1.82) is 0 Å². The van der Waals surface area contributed by atoms with Gasteiger partial charge in [-0.3, -0.25) is 0 Å². The number of hydrogen-bond acceptors (Lipinski definition) is 3. The normalized spacial score (nSPS) is 10.7. The molecule has 0 radical (unpaired) electrons. The molecule has 0 saturated heterocycles. The Bertz CT molecular complexity index is 698. The van der Waals surface area contributed by atoms with Gasteiger partial charge in [-0.1, -0.05) is 0 Å². The minimum absolute atomic E-state index is 0.288. The van der Waals surface area contributed by atoms with Crippen LogP contribution in [-0.2, 0) is 5.32 Å². The average Bonchev–Trinajstić information content (AvgIpc) is 2.46. The van der Waals surface area contributed by atoms with Crippen molar-refractivity contribution in [3.05, 3.63) is 60.4 Å². The summed E-state index contributed by atoms with van der Waals surface area (Å²) in [5.74, 6) is 0. The van der Waals surface area contributed by atoms with Crippen molar-refractivity contribution < 1.29 is 0 Å². The zero-order valence-corrected chi connectivity index (χ0v) is 12.0. The van der Waals surface area contributed by atoms with Gasteiger partial charge in [0.05, 0.1) is 0 Å². The SMILES string of the molecule is Nc1ccc2ncnc([Se]Cc3ccccc3)c2c1. The molecule has 0 amide bonds. The van der Waals surface area contributed by atoms with Gasteiger partial charge in [0.1, 0.15) is 0 Å². The molecule has 1 heterocycles. The standard InChI is InChI=1S/C15H13N3Se/c16-12-6-7-14-13(8-12)15(18-10-17-14)19-9-11-4-2-1-3-5-11/h1-8,10H,9,16H2. The van der Waals surface area contributed by atoms with Crippen LogP contribution in [0.4, 0.5) is 5.69 Å². The third-order valence-electron chi connectivity index (χ3n) is 2.84. The molecule has 3 aromatic rings. The predicted octanol–water partition coefficient (Wildman–Crippen LogP) is 1.74. The van der Waals surface area contributed by atoms with Gasteiger partial charge in [-0.05, 0) is 0 Å². The second kappa shape index (κ2) is 5.39. The quantitative estimate of drug-likeness (QED) is 0.592. The summed E-state index contributed by atoms with van der Waals surface area (Å²) in [6.45, 7) is 0. The summed E-state index contributed by atoms with van der Waals surface area (Å²) < 4.78 is 1.12. The topological polar surface area (TPSA) is 51.8 Å². The Hall–Kier alpha value is -1.90. The van der Waals surface area contributed by atoms with Crippen LogP contribution in [0.15, 0.2) is 54.9 Å². The van der Waals surface area contributed by atoms with E-state index in [4.69, 9.17) is 5.73 Å². The number of fused-ring (bicyclic) bond motifs is 1. The monoisotopic (exact) mass is 315 g/mol. The van der Waals surface area contributed by atoms with E-state index in [0.29, 0.717) is 0 Å². The molecule has 0 aliphatic carbocycles. The zero-order valence-electron chi connectivity index (χ0n) is 10.3. The van der Waals surface area contributed by atoms with E-state index in [1.807, 2.05) is 24.3 Å². The number of rotatable bonds is 3. The summed E-state index contributed by atoms with van der Waals surface area (Å²) in [5.41, 5.74) is 8.93. The summed E-state index contributed by atoms with van der Waals surface area (Å²) in [6.07, 6.45) is 1.64. The Morgan fingerprint density at radius 1 is 1.00 bits per heavy atom. The van der Waals surface area contributed by atoms with Crippen LogP contribution < -0.4 is 10.3 Å². The van der Waals surface area contributed by atoms with Crippen LogP contribution in [0.25, 0.3) is 10.9 Å². The Labute approximate surface area is 118 Å². The van der Waals surface area contributed by atoms with Crippen LogP contribution in [-0.4, -0.2) is 24.9 Å². The van der Waals surface area contributed by atoms with Gasteiger partial charge in [0, 0.05) is 0 Å². The van der Waals surface area contributed by atoms with E-state index in [2.05, 4.69) is 34.2 Å². The van der Waals surface area contributed by atoms with E-state index in [1.54, 1.807) is 6.33 Å². The van der Waals surface area contributed by atoms with E-state index in [-0.39, 0.29) is 15.0 Å². The molecule has 0 aliphatic heterocycles. The molecule has 3 nitrogen and oxygen atoms in total. The van der Waals surface area contributed by atoms with E-state index in [0.717, 1.165) is 26.5 Å². The van der Waals surface area contributed by atoms with Crippen molar-refractivity contribution in [2.75, 3.05) is 5.73 Å². The van der Waals surface area contributed by atoms with E-state index < -0.39 is 0 Å². The zero-order chi connectivity index (χ0) is 13.1. The summed E-state index contributed by atoms with van der Waals surface area (Å²) in [7, 11) is 0. The van der Waals surface area contributed by atoms with E-state index in [1.165, 1.54) is 5.56 Å². The first-order valence-corrected chi connectivity index (χ1v) is 8.07. The van der Waals surface area contributed by atoms with Crippen LogP contribution in [0, 0.1) is 0 Å². The molecule has 0 saturated carbocycles. The van der Waals surface area contributed by atoms with Gasteiger partial charge in [0.25, 0.3) is 0 Å². The van der Waals surface area contributed by atoms with Crippen molar-refractivity contribution in [1.82, 2.24) is 9.97 Å². The maximum absolute atomic E-state index is 5.85. The Kier molecular flexibility index (Phi) is 3.45. The number of anilines is 1. The van der Waals surface area contributed by atoms with Gasteiger partial charge < -0.3 is 0 Å². The van der Waals surface area contributed by atoms with Gasteiger partial charge in [0.15, 0.2) is 0 Å². The maximum atomic E-state index is 5.85. The molecule has 2 aromatic carbocycles. The van der Waals surface area contributed by atoms with Crippen molar-refractivity contribution in [3.8, 4) is 0 Å². The van der Waals surface area contributed by atoms with Crippen molar-refractivity contribution in [2.45, 2.75) is 5.32 Å². The van der Waals surface area contributed by atoms with Crippen LogP contribution in [0.2, 0.25) is 0 Å². The Balaban J connectivity index is 1.90. The van der Waals surface area contributed by atoms with Gasteiger partial charge in [-0.15, -0.1) is 0 Å². The second-order valence-electron chi connectivity index (χ2n) is 4.23. The van der Waals surface area contributed by atoms with Gasteiger partial charge in [-0.25, -0.2) is 0 Å². The Morgan fingerprint density at radius 2 is 1.84 bits per heavy atom. The molecule has 0 fully saturated rings. The number of nitrogens with zero attached hydrogens (tertiary/aromatic N) is 2. The molecule has 1 aromatic heterocycles. The Morgan fingerprint density at radius 3 is 2.68 bits per heavy atom. The summed E-state index contributed by atoms with van der Waals surface area (Å²) in [5, 5.41) is 2.12. The van der Waals surface area contributed by atoms with Crippen LogP contribution in [0.5, 0.6) is 0 Å². The molecule has 4 heteroatoms. The average molecular weight is 314 g/mol. The summed E-state index contributed by atoms with van der Waals surface area (Å²) in [4.78, 5) is 8.71. The summed E-state index contributed by atoms with van der Waals surface area (Å²) >= 11 is 0.288. The first kappa shape index (κ1) is 12.1. The second-order valence-corrected chi connectivity index (χ2v) is 6.25. The molecule has 0 spiro atoms. The van der Waals surface area contributed by atoms with Gasteiger partial charge in [0.2, 0.25) is 0 Å². The fourth-order valence-corrected chi connectivity index (χ4v) is 3.86. The first-order chi connectivity index (χ1) is 9.33. The number of nitrogen functional groups attached to an aromatic ring is 1. The fourth-order valence-electron chi connectivity index (χ4n) is 1.89. The number of aromatic nitrogens is 2. The van der Waals surface area contributed by atoms with Crippen molar-refractivity contribution in [2.24, 2.45) is 0 Å². The summed E-state index contributed by atoms with van der Waals surface area (Å²) in [6, 6.07) is 16.3. The van der Waals surface area contributed by atoms with Gasteiger partial charge >= 0.3 is 118 Å². The molecule has 0 aliphatic rings.